The standard InChI is InChI=1S/C8H10BrNO2S/c1-4(2)3-5-6(9)10-7(13-5)8(11)12/h4H,3H2,1-2H3,(H,11,12). The van der Waals surface area contributed by atoms with Gasteiger partial charge in [0.25, 0.3) is 0 Å². The molecule has 3 nitrogen and oxygen atoms in total. The van der Waals surface area contributed by atoms with Crippen molar-refractivity contribution in [1.82, 2.24) is 4.98 Å². The first-order chi connectivity index (χ1) is 6.00. The minimum atomic E-state index is -0.958. The third-order valence-corrected chi connectivity index (χ3v) is 3.41. The van der Waals surface area contributed by atoms with Gasteiger partial charge in [0.05, 0.1) is 0 Å². The maximum atomic E-state index is 10.6. The fourth-order valence-electron chi connectivity index (χ4n) is 0.921. The summed E-state index contributed by atoms with van der Waals surface area (Å²) in [4.78, 5) is 15.5. The van der Waals surface area contributed by atoms with E-state index in [1.165, 1.54) is 11.3 Å². The summed E-state index contributed by atoms with van der Waals surface area (Å²) in [5.74, 6) is -0.445. The molecular formula is C8H10BrNO2S. The van der Waals surface area contributed by atoms with Crippen molar-refractivity contribution in [3.05, 3.63) is 14.5 Å². The number of aromatic nitrogens is 1. The van der Waals surface area contributed by atoms with Crippen LogP contribution in [0.15, 0.2) is 4.60 Å². The number of thiazole rings is 1. The molecule has 0 aliphatic carbocycles. The Morgan fingerprint density at radius 1 is 1.69 bits per heavy atom. The molecule has 0 unspecified atom stereocenters. The molecule has 0 aromatic carbocycles. The van der Waals surface area contributed by atoms with Crippen LogP contribution in [0, 0.1) is 5.92 Å². The van der Waals surface area contributed by atoms with Crippen molar-refractivity contribution in [1.29, 1.82) is 0 Å². The van der Waals surface area contributed by atoms with Crippen LogP contribution in [0.1, 0.15) is 28.5 Å². The number of aromatic carboxylic acids is 1. The second kappa shape index (κ2) is 4.19. The van der Waals surface area contributed by atoms with Crippen LogP contribution < -0.4 is 0 Å². The Hall–Kier alpha value is -0.420. The Morgan fingerprint density at radius 2 is 2.31 bits per heavy atom. The summed E-state index contributed by atoms with van der Waals surface area (Å²) in [5.41, 5.74) is 0. The lowest BCUT2D eigenvalue weighted by atomic mass is 10.1. The Balaban J connectivity index is 2.90. The molecule has 72 valence electrons. The van der Waals surface area contributed by atoms with Gasteiger partial charge in [0.15, 0.2) is 0 Å². The fraction of sp³-hybridized carbons (Fsp3) is 0.500. The van der Waals surface area contributed by atoms with Gasteiger partial charge in [-0.2, -0.15) is 0 Å². The average Bonchev–Trinajstić information content (AvgIpc) is 2.31. The van der Waals surface area contributed by atoms with Crippen LogP contribution in [0.5, 0.6) is 0 Å². The molecule has 0 bridgehead atoms. The van der Waals surface area contributed by atoms with Crippen molar-refractivity contribution in [2.45, 2.75) is 20.3 Å². The number of rotatable bonds is 3. The highest BCUT2D eigenvalue weighted by molar-refractivity contribution is 9.10. The lowest BCUT2D eigenvalue weighted by Crippen LogP contribution is -1.93. The van der Waals surface area contributed by atoms with Crippen LogP contribution >= 0.6 is 27.3 Å². The van der Waals surface area contributed by atoms with Crippen molar-refractivity contribution < 1.29 is 9.90 Å². The summed E-state index contributed by atoms with van der Waals surface area (Å²) in [6.07, 6.45) is 0.867. The molecule has 0 atom stereocenters. The zero-order valence-corrected chi connectivity index (χ0v) is 9.78. The topological polar surface area (TPSA) is 50.2 Å². The van der Waals surface area contributed by atoms with Crippen molar-refractivity contribution in [2.75, 3.05) is 0 Å². The summed E-state index contributed by atoms with van der Waals surface area (Å²) in [6.45, 7) is 4.18. The SMILES string of the molecule is CC(C)Cc1sc(C(=O)O)nc1Br. The van der Waals surface area contributed by atoms with Gasteiger partial charge in [0.1, 0.15) is 4.60 Å². The van der Waals surface area contributed by atoms with E-state index in [2.05, 4.69) is 34.8 Å². The summed E-state index contributed by atoms with van der Waals surface area (Å²) in [5, 5.41) is 8.84. The van der Waals surface area contributed by atoms with Gasteiger partial charge in [-0.3, -0.25) is 0 Å². The molecule has 13 heavy (non-hydrogen) atoms. The molecule has 0 saturated heterocycles. The number of carboxylic acids is 1. The molecule has 0 fully saturated rings. The third kappa shape index (κ3) is 2.77. The van der Waals surface area contributed by atoms with Gasteiger partial charge >= 0.3 is 5.97 Å². The van der Waals surface area contributed by atoms with Gasteiger partial charge in [-0.15, -0.1) is 11.3 Å². The quantitative estimate of drug-likeness (QED) is 0.913. The largest absolute Gasteiger partial charge is 0.476 e. The first-order valence-corrected chi connectivity index (χ1v) is 5.50. The van der Waals surface area contributed by atoms with Gasteiger partial charge in [0.2, 0.25) is 5.01 Å². The van der Waals surface area contributed by atoms with Crippen LogP contribution in [-0.2, 0) is 6.42 Å². The average molecular weight is 264 g/mol. The maximum absolute atomic E-state index is 10.6. The molecule has 0 amide bonds. The molecule has 5 heteroatoms. The van der Waals surface area contributed by atoms with E-state index < -0.39 is 5.97 Å². The molecule has 1 heterocycles. The molecule has 1 rings (SSSR count). The van der Waals surface area contributed by atoms with E-state index >= 15 is 0 Å². The summed E-state index contributed by atoms with van der Waals surface area (Å²) in [7, 11) is 0. The van der Waals surface area contributed by atoms with Crippen LogP contribution in [0.2, 0.25) is 0 Å². The highest BCUT2D eigenvalue weighted by Gasteiger charge is 2.14. The third-order valence-electron chi connectivity index (χ3n) is 1.43. The highest BCUT2D eigenvalue weighted by Crippen LogP contribution is 2.26. The zero-order chi connectivity index (χ0) is 10.0. The Kier molecular flexibility index (Phi) is 3.44. The molecule has 0 radical (unpaired) electrons. The molecule has 1 aromatic rings. The lowest BCUT2D eigenvalue weighted by Gasteiger charge is -1.99. The van der Waals surface area contributed by atoms with Crippen LogP contribution in [0.25, 0.3) is 0 Å². The molecule has 0 saturated carbocycles. The summed E-state index contributed by atoms with van der Waals surface area (Å²) >= 11 is 4.49. The molecule has 0 aliphatic rings. The predicted octanol–water partition coefficient (Wildman–Crippen LogP) is 2.80. The number of nitrogens with zero attached hydrogens (tertiary/aromatic N) is 1. The second-order valence-corrected chi connectivity index (χ2v) is 4.97. The Labute approximate surface area is 88.9 Å². The van der Waals surface area contributed by atoms with Crippen LogP contribution in [-0.4, -0.2) is 16.1 Å². The maximum Gasteiger partial charge on any atom is 0.365 e. The number of halogens is 1. The van der Waals surface area contributed by atoms with Crippen LogP contribution in [0.4, 0.5) is 0 Å². The molecular weight excluding hydrogens is 254 g/mol. The normalized spacial score (nSPS) is 10.8. The fourth-order valence-corrected chi connectivity index (χ4v) is 2.62. The van der Waals surface area contributed by atoms with Crippen molar-refractivity contribution in [3.63, 3.8) is 0 Å². The van der Waals surface area contributed by atoms with Crippen molar-refractivity contribution in [3.8, 4) is 0 Å². The first kappa shape index (κ1) is 10.7. The van der Waals surface area contributed by atoms with E-state index in [4.69, 9.17) is 5.11 Å². The number of hydrogen-bond acceptors (Lipinski definition) is 3. The van der Waals surface area contributed by atoms with Gasteiger partial charge in [-0.25, -0.2) is 9.78 Å². The second-order valence-electron chi connectivity index (χ2n) is 3.14. The smallest absolute Gasteiger partial charge is 0.365 e. The number of carbonyl (C=O) groups is 1. The minimum absolute atomic E-state index is 0.155. The number of carboxylic acid groups (broad SMARTS) is 1. The van der Waals surface area contributed by atoms with E-state index in [0.29, 0.717) is 10.5 Å². The Morgan fingerprint density at radius 3 is 2.69 bits per heavy atom. The van der Waals surface area contributed by atoms with E-state index in [-0.39, 0.29) is 5.01 Å². The highest BCUT2D eigenvalue weighted by atomic mass is 79.9. The number of hydrogen-bond donors (Lipinski definition) is 1. The van der Waals surface area contributed by atoms with Crippen molar-refractivity contribution in [2.24, 2.45) is 5.92 Å². The van der Waals surface area contributed by atoms with E-state index in [0.717, 1.165) is 11.3 Å². The van der Waals surface area contributed by atoms with Crippen molar-refractivity contribution >= 4 is 33.2 Å². The lowest BCUT2D eigenvalue weighted by molar-refractivity contribution is 0.0696. The first-order valence-electron chi connectivity index (χ1n) is 3.89. The van der Waals surface area contributed by atoms with E-state index in [1.807, 2.05) is 0 Å². The van der Waals surface area contributed by atoms with Gasteiger partial charge in [-0.1, -0.05) is 13.8 Å². The van der Waals surface area contributed by atoms with E-state index in [9.17, 15) is 4.79 Å². The zero-order valence-electron chi connectivity index (χ0n) is 7.37. The minimum Gasteiger partial charge on any atom is -0.476 e. The molecule has 0 aliphatic heterocycles. The van der Waals surface area contributed by atoms with Gasteiger partial charge in [-0.05, 0) is 28.3 Å². The predicted molar refractivity (Wildman–Crippen MR) is 55.3 cm³/mol. The van der Waals surface area contributed by atoms with Crippen LogP contribution in [0.3, 0.4) is 0 Å². The molecule has 0 spiro atoms. The van der Waals surface area contributed by atoms with Gasteiger partial charge in [0, 0.05) is 4.88 Å². The summed E-state index contributed by atoms with van der Waals surface area (Å²) < 4.78 is 0.670. The monoisotopic (exact) mass is 263 g/mol. The Bertz CT molecular complexity index is 322. The van der Waals surface area contributed by atoms with E-state index in [1.54, 1.807) is 0 Å². The summed E-state index contributed by atoms with van der Waals surface area (Å²) in [6, 6.07) is 0. The van der Waals surface area contributed by atoms with Gasteiger partial charge < -0.3 is 5.11 Å². The molecule has 1 aromatic heterocycles. The molecule has 1 N–H and O–H groups in total.